The SMILES string of the molecule is Cc1cc(C)c([C@H](N)CN)[nH]1. The van der Waals surface area contributed by atoms with Crippen molar-refractivity contribution in [2.75, 3.05) is 6.54 Å². The Kier molecular flexibility index (Phi) is 2.31. The van der Waals surface area contributed by atoms with E-state index in [1.807, 2.05) is 13.8 Å². The van der Waals surface area contributed by atoms with Gasteiger partial charge >= 0.3 is 0 Å². The van der Waals surface area contributed by atoms with Crippen LogP contribution in [0.5, 0.6) is 0 Å². The lowest BCUT2D eigenvalue weighted by Crippen LogP contribution is -2.21. The number of aromatic amines is 1. The molecule has 0 aliphatic heterocycles. The van der Waals surface area contributed by atoms with Crippen LogP contribution in [0.1, 0.15) is 23.0 Å². The summed E-state index contributed by atoms with van der Waals surface area (Å²) >= 11 is 0. The topological polar surface area (TPSA) is 67.8 Å². The summed E-state index contributed by atoms with van der Waals surface area (Å²) in [5.41, 5.74) is 14.6. The van der Waals surface area contributed by atoms with Gasteiger partial charge in [-0.05, 0) is 25.5 Å². The van der Waals surface area contributed by atoms with Crippen LogP contribution in [-0.2, 0) is 0 Å². The molecule has 0 bridgehead atoms. The van der Waals surface area contributed by atoms with Crippen molar-refractivity contribution in [1.29, 1.82) is 0 Å². The molecule has 1 aromatic heterocycles. The summed E-state index contributed by atoms with van der Waals surface area (Å²) in [5, 5.41) is 0. The van der Waals surface area contributed by atoms with Gasteiger partial charge in [-0.3, -0.25) is 0 Å². The number of nitrogens with two attached hydrogens (primary N) is 2. The van der Waals surface area contributed by atoms with Crippen LogP contribution in [0.25, 0.3) is 0 Å². The summed E-state index contributed by atoms with van der Waals surface area (Å²) in [4.78, 5) is 3.19. The van der Waals surface area contributed by atoms with Gasteiger partial charge in [0.2, 0.25) is 0 Å². The minimum absolute atomic E-state index is 0.0521. The van der Waals surface area contributed by atoms with Gasteiger partial charge in [-0.2, -0.15) is 0 Å². The number of hydrogen-bond acceptors (Lipinski definition) is 2. The first-order chi connectivity index (χ1) is 5.15. The monoisotopic (exact) mass is 153 g/mol. The van der Waals surface area contributed by atoms with E-state index in [0.29, 0.717) is 6.54 Å². The molecule has 1 rings (SSSR count). The van der Waals surface area contributed by atoms with Crippen molar-refractivity contribution in [3.8, 4) is 0 Å². The van der Waals surface area contributed by atoms with E-state index in [4.69, 9.17) is 11.5 Å². The third-order valence-electron chi connectivity index (χ3n) is 1.81. The highest BCUT2D eigenvalue weighted by molar-refractivity contribution is 5.26. The van der Waals surface area contributed by atoms with Crippen molar-refractivity contribution >= 4 is 0 Å². The zero-order valence-electron chi connectivity index (χ0n) is 7.02. The average Bonchev–Trinajstić information content (AvgIpc) is 2.28. The first kappa shape index (κ1) is 8.30. The van der Waals surface area contributed by atoms with Crippen LogP contribution in [0.4, 0.5) is 0 Å². The van der Waals surface area contributed by atoms with E-state index in [2.05, 4.69) is 11.1 Å². The molecule has 1 heterocycles. The van der Waals surface area contributed by atoms with Crippen molar-refractivity contribution in [2.24, 2.45) is 11.5 Å². The van der Waals surface area contributed by atoms with E-state index in [0.717, 1.165) is 11.4 Å². The number of aromatic nitrogens is 1. The van der Waals surface area contributed by atoms with E-state index >= 15 is 0 Å². The summed E-state index contributed by atoms with van der Waals surface area (Å²) in [5.74, 6) is 0. The molecule has 3 nitrogen and oxygen atoms in total. The number of rotatable bonds is 2. The van der Waals surface area contributed by atoms with Crippen molar-refractivity contribution < 1.29 is 0 Å². The molecule has 1 atom stereocenters. The number of H-pyrrole nitrogens is 1. The molecule has 1 aromatic rings. The van der Waals surface area contributed by atoms with Gasteiger partial charge in [-0.25, -0.2) is 0 Å². The van der Waals surface area contributed by atoms with Crippen LogP contribution in [0.2, 0.25) is 0 Å². The smallest absolute Gasteiger partial charge is 0.0574 e. The largest absolute Gasteiger partial charge is 0.361 e. The summed E-state index contributed by atoms with van der Waals surface area (Å²) in [6.07, 6.45) is 0. The van der Waals surface area contributed by atoms with Gasteiger partial charge in [0.1, 0.15) is 0 Å². The van der Waals surface area contributed by atoms with Gasteiger partial charge in [-0.15, -0.1) is 0 Å². The van der Waals surface area contributed by atoms with Crippen molar-refractivity contribution in [2.45, 2.75) is 19.9 Å². The van der Waals surface area contributed by atoms with E-state index in [1.165, 1.54) is 5.56 Å². The predicted octanol–water partition coefficient (Wildman–Crippen LogP) is 0.590. The fraction of sp³-hybridized carbons (Fsp3) is 0.500. The van der Waals surface area contributed by atoms with Gasteiger partial charge in [0.15, 0.2) is 0 Å². The lowest BCUT2D eigenvalue weighted by Gasteiger charge is -2.07. The maximum Gasteiger partial charge on any atom is 0.0574 e. The minimum Gasteiger partial charge on any atom is -0.361 e. The molecule has 0 aromatic carbocycles. The second-order valence-corrected chi connectivity index (χ2v) is 2.89. The predicted molar refractivity (Wildman–Crippen MR) is 46.2 cm³/mol. The second kappa shape index (κ2) is 3.07. The Labute approximate surface area is 66.8 Å². The molecular weight excluding hydrogens is 138 g/mol. The Morgan fingerprint density at radius 1 is 1.55 bits per heavy atom. The van der Waals surface area contributed by atoms with Crippen LogP contribution in [0.15, 0.2) is 6.07 Å². The van der Waals surface area contributed by atoms with Gasteiger partial charge in [0, 0.05) is 17.9 Å². The summed E-state index contributed by atoms with van der Waals surface area (Å²) in [6, 6.07) is 2.02. The Hall–Kier alpha value is -0.800. The molecule has 11 heavy (non-hydrogen) atoms. The van der Waals surface area contributed by atoms with E-state index in [-0.39, 0.29) is 6.04 Å². The molecule has 62 valence electrons. The Morgan fingerprint density at radius 3 is 2.55 bits per heavy atom. The molecule has 5 N–H and O–H groups in total. The molecule has 0 aliphatic rings. The Morgan fingerprint density at radius 2 is 2.18 bits per heavy atom. The second-order valence-electron chi connectivity index (χ2n) is 2.89. The van der Waals surface area contributed by atoms with Crippen LogP contribution in [-0.4, -0.2) is 11.5 Å². The van der Waals surface area contributed by atoms with Crippen LogP contribution in [0.3, 0.4) is 0 Å². The van der Waals surface area contributed by atoms with Gasteiger partial charge < -0.3 is 16.5 Å². The summed E-state index contributed by atoms with van der Waals surface area (Å²) in [7, 11) is 0. The highest BCUT2D eigenvalue weighted by Crippen LogP contribution is 2.14. The zero-order valence-corrected chi connectivity index (χ0v) is 7.02. The summed E-state index contributed by atoms with van der Waals surface area (Å²) in [6.45, 7) is 4.54. The lowest BCUT2D eigenvalue weighted by molar-refractivity contribution is 0.710. The maximum absolute atomic E-state index is 5.75. The van der Waals surface area contributed by atoms with Crippen LogP contribution >= 0.6 is 0 Å². The van der Waals surface area contributed by atoms with Crippen LogP contribution in [0, 0.1) is 13.8 Å². The quantitative estimate of drug-likeness (QED) is 0.582. The summed E-state index contributed by atoms with van der Waals surface area (Å²) < 4.78 is 0. The fourth-order valence-electron chi connectivity index (χ4n) is 1.25. The average molecular weight is 153 g/mol. The van der Waals surface area contributed by atoms with Gasteiger partial charge in [0.05, 0.1) is 6.04 Å². The fourth-order valence-corrected chi connectivity index (χ4v) is 1.25. The third kappa shape index (κ3) is 1.61. The first-order valence-electron chi connectivity index (χ1n) is 3.77. The zero-order chi connectivity index (χ0) is 8.43. The molecule has 0 aliphatic carbocycles. The number of hydrogen-bond donors (Lipinski definition) is 3. The van der Waals surface area contributed by atoms with E-state index in [1.54, 1.807) is 0 Å². The lowest BCUT2D eigenvalue weighted by atomic mass is 10.1. The molecule has 0 saturated heterocycles. The minimum atomic E-state index is -0.0521. The third-order valence-corrected chi connectivity index (χ3v) is 1.81. The normalized spacial score (nSPS) is 13.5. The van der Waals surface area contributed by atoms with Gasteiger partial charge in [-0.1, -0.05) is 0 Å². The standard InChI is InChI=1S/C8H15N3/c1-5-3-6(2)11-8(5)7(10)4-9/h3,7,11H,4,9-10H2,1-2H3/t7-/m1/s1. The first-order valence-corrected chi connectivity index (χ1v) is 3.77. The van der Waals surface area contributed by atoms with E-state index in [9.17, 15) is 0 Å². The molecule has 0 spiro atoms. The van der Waals surface area contributed by atoms with Crippen molar-refractivity contribution in [3.05, 3.63) is 23.0 Å². The molecule has 0 unspecified atom stereocenters. The Balaban J connectivity index is 2.93. The molecule has 0 radical (unpaired) electrons. The highest BCUT2D eigenvalue weighted by Gasteiger charge is 2.08. The number of nitrogens with one attached hydrogen (secondary N) is 1. The van der Waals surface area contributed by atoms with Gasteiger partial charge in [0.25, 0.3) is 0 Å². The number of aryl methyl sites for hydroxylation is 2. The molecule has 0 amide bonds. The van der Waals surface area contributed by atoms with Crippen LogP contribution < -0.4 is 11.5 Å². The molecule has 0 fully saturated rings. The van der Waals surface area contributed by atoms with Crippen molar-refractivity contribution in [1.82, 2.24) is 4.98 Å². The molecule has 3 heteroatoms. The maximum atomic E-state index is 5.75. The highest BCUT2D eigenvalue weighted by atomic mass is 14.8. The van der Waals surface area contributed by atoms with E-state index < -0.39 is 0 Å². The van der Waals surface area contributed by atoms with Crippen molar-refractivity contribution in [3.63, 3.8) is 0 Å². The Bertz CT molecular complexity index is 239. The molecule has 0 saturated carbocycles. The molecular formula is C8H15N3.